The fourth-order valence-corrected chi connectivity index (χ4v) is 1.75. The Hall–Kier alpha value is -1.79. The summed E-state index contributed by atoms with van der Waals surface area (Å²) in [5, 5.41) is 2.75. The molecule has 0 unspecified atom stereocenters. The first-order valence-electron chi connectivity index (χ1n) is 6.96. The van der Waals surface area contributed by atoms with Crippen LogP contribution in [-0.4, -0.2) is 24.5 Å². The number of halogens is 1. The highest BCUT2D eigenvalue weighted by Crippen LogP contribution is 2.16. The molecule has 1 aromatic carbocycles. The lowest BCUT2D eigenvalue weighted by Crippen LogP contribution is -2.36. The third-order valence-corrected chi connectivity index (χ3v) is 2.80. The monoisotopic (exact) mass is 329 g/mol. The van der Waals surface area contributed by atoms with Crippen LogP contribution in [-0.2, 0) is 9.59 Å². The molecule has 0 spiro atoms. The number of carbonyl (C=O) groups is 2. The summed E-state index contributed by atoms with van der Waals surface area (Å²) >= 11 is 0. The third kappa shape index (κ3) is 7.85. The van der Waals surface area contributed by atoms with Gasteiger partial charge in [-0.25, -0.2) is 0 Å². The molecular formula is C15H24ClN3O3. The van der Waals surface area contributed by atoms with E-state index in [1.54, 1.807) is 24.3 Å². The minimum atomic E-state index is -0.517. The molecule has 6 nitrogen and oxygen atoms in total. The average molecular weight is 330 g/mol. The van der Waals surface area contributed by atoms with E-state index in [1.807, 2.05) is 13.8 Å². The van der Waals surface area contributed by atoms with E-state index in [2.05, 4.69) is 5.32 Å². The molecule has 5 N–H and O–H groups in total. The summed E-state index contributed by atoms with van der Waals surface area (Å²) in [6.07, 6.45) is 0.808. The number of benzene rings is 1. The maximum atomic E-state index is 11.9. The normalized spacial score (nSPS) is 11.5. The molecule has 1 rings (SSSR count). The number of carbonyl (C=O) groups excluding carboxylic acids is 2. The van der Waals surface area contributed by atoms with E-state index in [-0.39, 0.29) is 31.3 Å². The van der Waals surface area contributed by atoms with E-state index < -0.39 is 11.9 Å². The molecule has 1 aromatic rings. The third-order valence-electron chi connectivity index (χ3n) is 2.80. The zero-order valence-corrected chi connectivity index (χ0v) is 13.7. The van der Waals surface area contributed by atoms with E-state index in [4.69, 9.17) is 16.2 Å². The van der Waals surface area contributed by atoms with Crippen molar-refractivity contribution >= 4 is 29.9 Å². The van der Waals surface area contributed by atoms with Crippen molar-refractivity contribution in [2.45, 2.75) is 32.7 Å². The topological polar surface area (TPSA) is 107 Å². The van der Waals surface area contributed by atoms with Crippen LogP contribution in [0.25, 0.3) is 0 Å². The van der Waals surface area contributed by atoms with Gasteiger partial charge in [-0.2, -0.15) is 0 Å². The first-order valence-corrected chi connectivity index (χ1v) is 6.96. The Bertz CT molecular complexity index is 477. The average Bonchev–Trinajstić information content (AvgIpc) is 2.39. The maximum absolute atomic E-state index is 11.9. The highest BCUT2D eigenvalue weighted by molar-refractivity contribution is 5.94. The second-order valence-corrected chi connectivity index (χ2v) is 5.31. The standard InChI is InChI=1S/C15H23N3O3.ClH/c1-10(2)9-13(16)15(20)18-11-3-5-12(6-4-11)21-8-7-14(17)19;/h3-6,10,13H,7-9,16H2,1-2H3,(H2,17,19)(H,18,20);1H/t13-;/m0./s1. The molecule has 7 heteroatoms. The van der Waals surface area contributed by atoms with Crippen LogP contribution in [0.5, 0.6) is 5.75 Å². The van der Waals surface area contributed by atoms with E-state index in [1.165, 1.54) is 0 Å². The molecule has 0 aliphatic rings. The van der Waals surface area contributed by atoms with Crippen LogP contribution >= 0.6 is 12.4 Å². The molecule has 0 bridgehead atoms. The van der Waals surface area contributed by atoms with Gasteiger partial charge in [0, 0.05) is 5.69 Å². The molecule has 0 radical (unpaired) electrons. The highest BCUT2D eigenvalue weighted by Gasteiger charge is 2.14. The maximum Gasteiger partial charge on any atom is 0.241 e. The lowest BCUT2D eigenvalue weighted by molar-refractivity contribution is -0.119. The number of nitrogens with two attached hydrogens (primary N) is 2. The summed E-state index contributed by atoms with van der Waals surface area (Å²) in [7, 11) is 0. The molecule has 124 valence electrons. The molecule has 0 aromatic heterocycles. The van der Waals surface area contributed by atoms with Crippen LogP contribution in [0.2, 0.25) is 0 Å². The van der Waals surface area contributed by atoms with Crippen molar-refractivity contribution in [2.24, 2.45) is 17.4 Å². The van der Waals surface area contributed by atoms with Gasteiger partial charge in [-0.15, -0.1) is 12.4 Å². The highest BCUT2D eigenvalue weighted by atomic mass is 35.5. The smallest absolute Gasteiger partial charge is 0.241 e. The Morgan fingerprint density at radius 1 is 1.23 bits per heavy atom. The van der Waals surface area contributed by atoms with Crippen LogP contribution < -0.4 is 21.5 Å². The minimum absolute atomic E-state index is 0. The predicted octanol–water partition coefficient (Wildman–Crippen LogP) is 1.67. The van der Waals surface area contributed by atoms with Crippen molar-refractivity contribution in [3.63, 3.8) is 0 Å². The summed E-state index contributed by atoms with van der Waals surface area (Å²) < 4.78 is 5.34. The molecule has 1 atom stereocenters. The molecule has 0 aliphatic heterocycles. The largest absolute Gasteiger partial charge is 0.493 e. The first-order chi connectivity index (χ1) is 9.88. The van der Waals surface area contributed by atoms with Gasteiger partial charge in [-0.1, -0.05) is 13.8 Å². The van der Waals surface area contributed by atoms with Gasteiger partial charge in [-0.3, -0.25) is 9.59 Å². The molecular weight excluding hydrogens is 306 g/mol. The Morgan fingerprint density at radius 3 is 2.32 bits per heavy atom. The van der Waals surface area contributed by atoms with Gasteiger partial charge < -0.3 is 21.5 Å². The Kier molecular flexibility index (Phi) is 9.21. The van der Waals surface area contributed by atoms with Crippen molar-refractivity contribution in [3.8, 4) is 5.75 Å². The van der Waals surface area contributed by atoms with Crippen molar-refractivity contribution < 1.29 is 14.3 Å². The van der Waals surface area contributed by atoms with Crippen LogP contribution in [0.15, 0.2) is 24.3 Å². The zero-order chi connectivity index (χ0) is 15.8. The van der Waals surface area contributed by atoms with Gasteiger partial charge in [0.25, 0.3) is 0 Å². The van der Waals surface area contributed by atoms with Crippen LogP contribution in [0.1, 0.15) is 26.7 Å². The van der Waals surface area contributed by atoms with Crippen molar-refractivity contribution in [1.29, 1.82) is 0 Å². The van der Waals surface area contributed by atoms with E-state index in [0.29, 0.717) is 23.8 Å². The number of rotatable bonds is 8. The van der Waals surface area contributed by atoms with Gasteiger partial charge in [0.15, 0.2) is 0 Å². The molecule has 0 aliphatic carbocycles. The number of nitrogens with one attached hydrogen (secondary N) is 1. The van der Waals surface area contributed by atoms with Crippen molar-refractivity contribution in [3.05, 3.63) is 24.3 Å². The number of anilines is 1. The first kappa shape index (κ1) is 20.2. The second-order valence-electron chi connectivity index (χ2n) is 5.31. The molecule has 0 saturated carbocycles. The number of amides is 2. The molecule has 0 fully saturated rings. The van der Waals surface area contributed by atoms with Gasteiger partial charge >= 0.3 is 0 Å². The number of primary amides is 1. The summed E-state index contributed by atoms with van der Waals surface area (Å²) in [4.78, 5) is 22.4. The van der Waals surface area contributed by atoms with Gasteiger partial charge in [0.2, 0.25) is 11.8 Å². The summed E-state index contributed by atoms with van der Waals surface area (Å²) in [5.74, 6) is 0.372. The van der Waals surface area contributed by atoms with E-state index in [9.17, 15) is 9.59 Å². The van der Waals surface area contributed by atoms with Crippen molar-refractivity contribution in [1.82, 2.24) is 0 Å². The number of hydrogen-bond acceptors (Lipinski definition) is 4. The molecule has 2 amide bonds. The zero-order valence-electron chi connectivity index (χ0n) is 12.9. The minimum Gasteiger partial charge on any atom is -0.493 e. The van der Waals surface area contributed by atoms with E-state index >= 15 is 0 Å². The molecule has 0 heterocycles. The number of ether oxygens (including phenoxy) is 1. The lowest BCUT2D eigenvalue weighted by Gasteiger charge is -2.14. The Morgan fingerprint density at radius 2 is 1.82 bits per heavy atom. The molecule has 0 saturated heterocycles. The SMILES string of the molecule is CC(C)C[C@H](N)C(=O)Nc1ccc(OCCC(N)=O)cc1.Cl. The molecule has 22 heavy (non-hydrogen) atoms. The summed E-state index contributed by atoms with van der Waals surface area (Å²) in [6, 6.07) is 6.35. The van der Waals surface area contributed by atoms with Crippen LogP contribution in [0.3, 0.4) is 0 Å². The van der Waals surface area contributed by atoms with Crippen LogP contribution in [0, 0.1) is 5.92 Å². The number of hydrogen-bond donors (Lipinski definition) is 3. The summed E-state index contributed by atoms with van der Waals surface area (Å²) in [6.45, 7) is 4.27. The van der Waals surface area contributed by atoms with Crippen molar-refractivity contribution in [2.75, 3.05) is 11.9 Å². The van der Waals surface area contributed by atoms with E-state index in [0.717, 1.165) is 0 Å². The summed E-state index contributed by atoms with van der Waals surface area (Å²) in [5.41, 5.74) is 11.5. The van der Waals surface area contributed by atoms with Gasteiger partial charge in [-0.05, 0) is 36.6 Å². The Balaban J connectivity index is 0.00000441. The lowest BCUT2D eigenvalue weighted by atomic mass is 10.0. The second kappa shape index (κ2) is 10.0. The quantitative estimate of drug-likeness (QED) is 0.674. The fourth-order valence-electron chi connectivity index (χ4n) is 1.75. The fraction of sp³-hybridized carbons (Fsp3) is 0.467. The Labute approximate surface area is 137 Å². The van der Waals surface area contributed by atoms with Gasteiger partial charge in [0.05, 0.1) is 19.1 Å². The van der Waals surface area contributed by atoms with Gasteiger partial charge in [0.1, 0.15) is 5.75 Å². The van der Waals surface area contributed by atoms with Crippen LogP contribution in [0.4, 0.5) is 5.69 Å². The predicted molar refractivity (Wildman–Crippen MR) is 89.1 cm³/mol.